The summed E-state index contributed by atoms with van der Waals surface area (Å²) in [5, 5.41) is 3.59. The molecule has 0 saturated carbocycles. The Labute approximate surface area is 321 Å². The molecule has 4 aromatic heterocycles. The molecule has 0 bridgehead atoms. The molecule has 0 fully saturated rings. The quantitative estimate of drug-likeness (QED) is 0.118. The Kier molecular flexibility index (Phi) is 12.7. The van der Waals surface area contributed by atoms with Crippen molar-refractivity contribution in [1.29, 1.82) is 0 Å². The van der Waals surface area contributed by atoms with Crippen molar-refractivity contribution in [2.45, 2.75) is 101 Å². The Balaban J connectivity index is 0.000000236. The second-order valence-electron chi connectivity index (χ2n) is 17.6. The second kappa shape index (κ2) is 16.1. The summed E-state index contributed by atoms with van der Waals surface area (Å²) < 4.78 is 6.27. The van der Waals surface area contributed by atoms with E-state index in [1.54, 1.807) is 0 Å². The summed E-state index contributed by atoms with van der Waals surface area (Å²) in [4.78, 5) is 14.2. The molecule has 1 atom stereocenters. The maximum absolute atomic E-state index is 6.27. The molecule has 4 nitrogen and oxygen atoms in total. The van der Waals surface area contributed by atoms with Gasteiger partial charge in [-0.15, -0.1) is 54.1 Å². The molecule has 2 aromatic carbocycles. The van der Waals surface area contributed by atoms with E-state index in [0.717, 1.165) is 57.4 Å². The van der Waals surface area contributed by atoms with Crippen LogP contribution in [-0.2, 0) is 32.9 Å². The minimum absolute atomic E-state index is 0. The average molecular weight is 874 g/mol. The molecular weight excluding hydrogens is 819 g/mol. The number of aromatic nitrogens is 3. The van der Waals surface area contributed by atoms with Crippen LogP contribution in [0.15, 0.2) is 83.5 Å². The standard InChI is InChI=1S/C26H29N2O.C19H26NSi.Ir/c1-16(2)17(3)22-11-10-20-19-8-7-9-21(24(19)29-25(20)28-22)23-14-18(12-13-27-23)15-26(4,5)6;1-19(2,3)13-16-12-17(15-10-8-7-9-11-15)20-14-18(16)21(4,5)6;/h7-8,10-14,16-17H,15H2,1-6H3;7-10,12,14H,13H2,1-6H3;/q2*-1;. The van der Waals surface area contributed by atoms with E-state index in [-0.39, 0.29) is 30.9 Å². The fourth-order valence-electron chi connectivity index (χ4n) is 6.35. The summed E-state index contributed by atoms with van der Waals surface area (Å²) in [5.41, 5.74) is 9.73. The first-order valence-corrected chi connectivity index (χ1v) is 21.6. The molecule has 51 heavy (non-hydrogen) atoms. The van der Waals surface area contributed by atoms with Crippen molar-refractivity contribution in [2.24, 2.45) is 16.7 Å². The van der Waals surface area contributed by atoms with Crippen molar-refractivity contribution >= 4 is 35.3 Å². The third-order valence-corrected chi connectivity index (χ3v) is 11.2. The van der Waals surface area contributed by atoms with Gasteiger partial charge in [0.2, 0.25) is 5.71 Å². The van der Waals surface area contributed by atoms with Crippen molar-refractivity contribution in [3.8, 4) is 22.5 Å². The Morgan fingerprint density at radius 1 is 0.765 bits per heavy atom. The minimum Gasteiger partial charge on any atom is -0.486 e. The van der Waals surface area contributed by atoms with E-state index in [1.807, 2.05) is 30.5 Å². The molecule has 6 rings (SSSR count). The van der Waals surface area contributed by atoms with E-state index in [1.165, 1.54) is 16.3 Å². The van der Waals surface area contributed by atoms with Crippen molar-refractivity contribution in [3.05, 3.63) is 108 Å². The van der Waals surface area contributed by atoms with Gasteiger partial charge in [-0.3, -0.25) is 0 Å². The monoisotopic (exact) mass is 874 g/mol. The molecule has 0 aliphatic heterocycles. The first-order chi connectivity index (χ1) is 23.4. The van der Waals surface area contributed by atoms with Crippen LogP contribution in [0.5, 0.6) is 0 Å². The fourth-order valence-corrected chi connectivity index (χ4v) is 7.92. The zero-order valence-electron chi connectivity index (χ0n) is 32.7. The molecule has 0 aliphatic carbocycles. The Morgan fingerprint density at radius 2 is 1.49 bits per heavy atom. The van der Waals surface area contributed by atoms with Gasteiger partial charge in [-0.05, 0) is 64.4 Å². The van der Waals surface area contributed by atoms with Gasteiger partial charge in [-0.1, -0.05) is 116 Å². The van der Waals surface area contributed by atoms with Crippen molar-refractivity contribution in [2.75, 3.05) is 0 Å². The van der Waals surface area contributed by atoms with Crippen LogP contribution in [0.2, 0.25) is 19.6 Å². The van der Waals surface area contributed by atoms with E-state index in [0.29, 0.717) is 17.5 Å². The normalized spacial score (nSPS) is 12.8. The number of nitrogens with zero attached hydrogens (tertiary/aromatic N) is 3. The van der Waals surface area contributed by atoms with Gasteiger partial charge in [-0.25, -0.2) is 4.98 Å². The van der Waals surface area contributed by atoms with Crippen LogP contribution < -0.4 is 5.19 Å². The Morgan fingerprint density at radius 3 is 2.12 bits per heavy atom. The maximum Gasteiger partial charge on any atom is 0.216 e. The van der Waals surface area contributed by atoms with Gasteiger partial charge in [0.15, 0.2) is 0 Å². The molecule has 4 heterocycles. The molecule has 0 N–H and O–H groups in total. The van der Waals surface area contributed by atoms with E-state index in [4.69, 9.17) is 14.4 Å². The first kappa shape index (κ1) is 40.3. The van der Waals surface area contributed by atoms with Gasteiger partial charge < -0.3 is 14.4 Å². The smallest absolute Gasteiger partial charge is 0.216 e. The SMILES string of the molecule is CC(C)(C)Cc1cc(-c2[c-]cccc2)ncc1[Si](C)(C)C.CC(C)C(C)c1ccc2c(n1)oc1c(-c3cc(CC(C)(C)C)ccn3)[c-]ccc12.[Ir]. The maximum atomic E-state index is 6.27. The van der Waals surface area contributed by atoms with Crippen LogP contribution in [0.3, 0.4) is 0 Å². The number of hydrogen-bond acceptors (Lipinski definition) is 4. The summed E-state index contributed by atoms with van der Waals surface area (Å²) in [6.45, 7) is 27.5. The number of furan rings is 1. The predicted octanol–water partition coefficient (Wildman–Crippen LogP) is 11.9. The number of fused-ring (bicyclic) bond motifs is 3. The van der Waals surface area contributed by atoms with Gasteiger partial charge >= 0.3 is 0 Å². The van der Waals surface area contributed by atoms with Gasteiger partial charge in [0, 0.05) is 49.5 Å². The summed E-state index contributed by atoms with van der Waals surface area (Å²) in [5.74, 6) is 0.914. The Hall–Kier alpha value is -3.44. The molecule has 0 saturated heterocycles. The number of pyridine rings is 3. The number of hydrogen-bond donors (Lipinski definition) is 0. The third kappa shape index (κ3) is 10.3. The zero-order valence-corrected chi connectivity index (χ0v) is 36.1. The van der Waals surface area contributed by atoms with Crippen LogP contribution in [0.4, 0.5) is 0 Å². The summed E-state index contributed by atoms with van der Waals surface area (Å²) in [6, 6.07) is 29.5. The number of benzene rings is 2. The third-order valence-electron chi connectivity index (χ3n) is 9.10. The van der Waals surface area contributed by atoms with E-state index in [2.05, 4.69) is 148 Å². The fraction of sp³-hybridized carbons (Fsp3) is 0.400. The summed E-state index contributed by atoms with van der Waals surface area (Å²) in [7, 11) is -1.37. The Bertz CT molecular complexity index is 2060. The summed E-state index contributed by atoms with van der Waals surface area (Å²) in [6.07, 6.45) is 6.08. The topological polar surface area (TPSA) is 51.8 Å². The largest absolute Gasteiger partial charge is 0.486 e. The van der Waals surface area contributed by atoms with Gasteiger partial charge in [0.25, 0.3) is 0 Å². The van der Waals surface area contributed by atoms with Crippen LogP contribution >= 0.6 is 0 Å². The molecule has 0 amide bonds. The average Bonchev–Trinajstić information content (AvgIpc) is 3.41. The number of rotatable bonds is 7. The molecule has 0 aliphatic rings. The van der Waals surface area contributed by atoms with Gasteiger partial charge in [0.1, 0.15) is 0 Å². The van der Waals surface area contributed by atoms with Crippen LogP contribution in [0.25, 0.3) is 44.6 Å². The van der Waals surface area contributed by atoms with Crippen molar-refractivity contribution in [1.82, 2.24) is 15.0 Å². The molecule has 6 heteroatoms. The first-order valence-electron chi connectivity index (χ1n) is 18.1. The van der Waals surface area contributed by atoms with Gasteiger partial charge in [-0.2, -0.15) is 0 Å². The van der Waals surface area contributed by atoms with E-state index >= 15 is 0 Å². The van der Waals surface area contributed by atoms with E-state index < -0.39 is 8.07 Å². The molecular formula is C45H55IrN3OSi-2. The second-order valence-corrected chi connectivity index (χ2v) is 22.6. The molecule has 1 unspecified atom stereocenters. The van der Waals surface area contributed by atoms with Gasteiger partial charge in [0.05, 0.1) is 13.7 Å². The van der Waals surface area contributed by atoms with Crippen molar-refractivity contribution in [3.63, 3.8) is 0 Å². The van der Waals surface area contributed by atoms with Crippen LogP contribution in [0, 0.1) is 28.9 Å². The molecule has 6 aromatic rings. The van der Waals surface area contributed by atoms with Crippen LogP contribution in [-0.4, -0.2) is 23.0 Å². The molecule has 1 radical (unpaired) electrons. The van der Waals surface area contributed by atoms with Crippen LogP contribution in [0.1, 0.15) is 85.1 Å². The zero-order chi connectivity index (χ0) is 36.4. The van der Waals surface area contributed by atoms with Crippen molar-refractivity contribution < 1.29 is 24.5 Å². The van der Waals surface area contributed by atoms with E-state index in [9.17, 15) is 0 Å². The molecule has 271 valence electrons. The summed E-state index contributed by atoms with van der Waals surface area (Å²) >= 11 is 0. The molecule has 0 spiro atoms. The predicted molar refractivity (Wildman–Crippen MR) is 215 cm³/mol. The minimum atomic E-state index is -1.37.